The summed E-state index contributed by atoms with van der Waals surface area (Å²) in [5, 5.41) is 3.03. The van der Waals surface area contributed by atoms with Crippen molar-refractivity contribution in [2.45, 2.75) is 38.5 Å². The summed E-state index contributed by atoms with van der Waals surface area (Å²) in [5.74, 6) is 1.00. The van der Waals surface area contributed by atoms with Crippen LogP contribution in [-0.2, 0) is 19.3 Å². The number of fused-ring (bicyclic) bond motifs is 2. The predicted octanol–water partition coefficient (Wildman–Crippen LogP) is 3.80. The van der Waals surface area contributed by atoms with E-state index < -0.39 is 0 Å². The number of imidazole rings is 1. The van der Waals surface area contributed by atoms with Crippen molar-refractivity contribution in [3.05, 3.63) is 65.0 Å². The Bertz CT molecular complexity index is 864. The van der Waals surface area contributed by atoms with Crippen LogP contribution >= 0.6 is 0 Å². The van der Waals surface area contributed by atoms with Gasteiger partial charge in [0.05, 0.1) is 11.0 Å². The van der Waals surface area contributed by atoms with Gasteiger partial charge in [-0.3, -0.25) is 4.79 Å². The number of hydrogen-bond donors (Lipinski definition) is 2. The number of aryl methyl sites for hydroxylation is 3. The van der Waals surface area contributed by atoms with E-state index >= 15 is 0 Å². The third-order valence-electron chi connectivity index (χ3n) is 4.93. The molecule has 128 valence electrons. The lowest BCUT2D eigenvalue weighted by Gasteiger charge is -2.16. The van der Waals surface area contributed by atoms with Crippen molar-refractivity contribution in [3.63, 3.8) is 0 Å². The van der Waals surface area contributed by atoms with Crippen LogP contribution in [0, 0.1) is 0 Å². The zero-order valence-electron chi connectivity index (χ0n) is 14.3. The third kappa shape index (κ3) is 3.58. The predicted molar refractivity (Wildman–Crippen MR) is 99.8 cm³/mol. The van der Waals surface area contributed by atoms with E-state index in [1.165, 1.54) is 24.0 Å². The van der Waals surface area contributed by atoms with Crippen LogP contribution in [0.1, 0.15) is 46.6 Å². The minimum absolute atomic E-state index is 0.0259. The molecule has 0 saturated heterocycles. The van der Waals surface area contributed by atoms with E-state index in [0.717, 1.165) is 48.1 Å². The number of carbonyl (C=O) groups excluding carboxylic acids is 1. The summed E-state index contributed by atoms with van der Waals surface area (Å²) in [6.45, 7) is 0.660. The first-order valence-corrected chi connectivity index (χ1v) is 9.13. The molecule has 0 fully saturated rings. The van der Waals surface area contributed by atoms with E-state index in [0.29, 0.717) is 6.54 Å². The van der Waals surface area contributed by atoms with E-state index in [4.69, 9.17) is 0 Å². The minimum Gasteiger partial charge on any atom is -0.352 e. The van der Waals surface area contributed by atoms with Gasteiger partial charge < -0.3 is 10.3 Å². The molecule has 1 aliphatic carbocycles. The molecular weight excluding hydrogens is 310 g/mol. The average Bonchev–Trinajstić information content (AvgIpc) is 3.07. The third-order valence-corrected chi connectivity index (χ3v) is 4.93. The molecule has 4 rings (SSSR count). The molecule has 1 heterocycles. The van der Waals surface area contributed by atoms with Crippen LogP contribution in [0.4, 0.5) is 0 Å². The summed E-state index contributed by atoms with van der Waals surface area (Å²) >= 11 is 0. The molecular formula is C21H23N3O. The Hall–Kier alpha value is -2.62. The van der Waals surface area contributed by atoms with Gasteiger partial charge in [-0.05, 0) is 67.5 Å². The first kappa shape index (κ1) is 15.9. The molecule has 2 aromatic carbocycles. The molecule has 25 heavy (non-hydrogen) atoms. The minimum atomic E-state index is 0.0259. The molecule has 1 aromatic heterocycles. The van der Waals surface area contributed by atoms with Crippen molar-refractivity contribution in [1.82, 2.24) is 15.3 Å². The molecule has 0 saturated carbocycles. The highest BCUT2D eigenvalue weighted by Gasteiger charge is 2.12. The van der Waals surface area contributed by atoms with Crippen molar-refractivity contribution in [1.29, 1.82) is 0 Å². The zero-order valence-corrected chi connectivity index (χ0v) is 14.3. The van der Waals surface area contributed by atoms with E-state index in [1.54, 1.807) is 0 Å². The van der Waals surface area contributed by atoms with Crippen LogP contribution in [0.25, 0.3) is 11.0 Å². The standard InChI is InChI=1S/C21H23N3O/c25-21(17-12-11-15-6-1-2-7-16(15)14-17)22-13-5-10-20-23-18-8-3-4-9-19(18)24-20/h3-4,8-9,11-12,14H,1-2,5-7,10,13H2,(H,22,25)(H,23,24). The smallest absolute Gasteiger partial charge is 0.251 e. The SMILES string of the molecule is O=C(NCCCc1nc2ccccc2[nH]1)c1ccc2c(c1)CCCC2. The Morgan fingerprint density at radius 2 is 1.92 bits per heavy atom. The maximum Gasteiger partial charge on any atom is 0.251 e. The number of aromatic nitrogens is 2. The normalized spacial score (nSPS) is 13.6. The maximum absolute atomic E-state index is 12.3. The molecule has 1 aliphatic rings. The van der Waals surface area contributed by atoms with Gasteiger partial charge in [0.15, 0.2) is 0 Å². The lowest BCUT2D eigenvalue weighted by Crippen LogP contribution is -2.25. The molecule has 0 atom stereocenters. The van der Waals surface area contributed by atoms with Crippen LogP contribution in [0.5, 0.6) is 0 Å². The van der Waals surface area contributed by atoms with Crippen molar-refractivity contribution in [3.8, 4) is 0 Å². The number of nitrogens with zero attached hydrogens (tertiary/aromatic N) is 1. The molecule has 0 aliphatic heterocycles. The van der Waals surface area contributed by atoms with Gasteiger partial charge >= 0.3 is 0 Å². The van der Waals surface area contributed by atoms with E-state index in [9.17, 15) is 4.79 Å². The second-order valence-corrected chi connectivity index (χ2v) is 6.75. The Labute approximate surface area is 147 Å². The average molecular weight is 333 g/mol. The molecule has 3 aromatic rings. The van der Waals surface area contributed by atoms with Crippen LogP contribution in [0.2, 0.25) is 0 Å². The molecule has 0 bridgehead atoms. The number of rotatable bonds is 5. The van der Waals surface area contributed by atoms with Gasteiger partial charge in [0, 0.05) is 18.5 Å². The summed E-state index contributed by atoms with van der Waals surface area (Å²) in [5.41, 5.74) is 5.60. The molecule has 1 amide bonds. The Morgan fingerprint density at radius 3 is 2.80 bits per heavy atom. The second-order valence-electron chi connectivity index (χ2n) is 6.75. The molecule has 4 heteroatoms. The lowest BCUT2D eigenvalue weighted by molar-refractivity contribution is 0.0953. The van der Waals surface area contributed by atoms with Crippen LogP contribution < -0.4 is 5.32 Å². The van der Waals surface area contributed by atoms with Gasteiger partial charge in [-0.25, -0.2) is 4.98 Å². The summed E-state index contributed by atoms with van der Waals surface area (Å²) < 4.78 is 0. The Kier molecular flexibility index (Phi) is 4.51. The first-order valence-electron chi connectivity index (χ1n) is 9.13. The van der Waals surface area contributed by atoms with Crippen molar-refractivity contribution in [2.24, 2.45) is 0 Å². The van der Waals surface area contributed by atoms with Gasteiger partial charge in [0.2, 0.25) is 0 Å². The van der Waals surface area contributed by atoms with E-state index in [2.05, 4.69) is 27.4 Å². The largest absolute Gasteiger partial charge is 0.352 e. The zero-order chi connectivity index (χ0) is 17.1. The number of aromatic amines is 1. The molecule has 0 radical (unpaired) electrons. The molecule has 2 N–H and O–H groups in total. The lowest BCUT2D eigenvalue weighted by atomic mass is 9.90. The number of benzene rings is 2. The van der Waals surface area contributed by atoms with Gasteiger partial charge in [-0.1, -0.05) is 18.2 Å². The fourth-order valence-electron chi connectivity index (χ4n) is 3.56. The molecule has 4 nitrogen and oxygen atoms in total. The van der Waals surface area contributed by atoms with Gasteiger partial charge in [0.1, 0.15) is 5.82 Å². The van der Waals surface area contributed by atoms with Crippen LogP contribution in [-0.4, -0.2) is 22.4 Å². The number of H-pyrrole nitrogens is 1. The molecule has 0 unspecified atom stereocenters. The van der Waals surface area contributed by atoms with E-state index in [-0.39, 0.29) is 5.91 Å². The topological polar surface area (TPSA) is 57.8 Å². The van der Waals surface area contributed by atoms with Crippen molar-refractivity contribution < 1.29 is 4.79 Å². The quantitative estimate of drug-likeness (QED) is 0.698. The number of nitrogens with one attached hydrogen (secondary N) is 2. The summed E-state index contributed by atoms with van der Waals surface area (Å²) in [6, 6.07) is 14.2. The van der Waals surface area contributed by atoms with Crippen LogP contribution in [0.15, 0.2) is 42.5 Å². The molecule has 0 spiro atoms. The Morgan fingerprint density at radius 1 is 1.08 bits per heavy atom. The Balaban J connectivity index is 1.30. The fraction of sp³-hybridized carbons (Fsp3) is 0.333. The second kappa shape index (κ2) is 7.09. The first-order chi connectivity index (χ1) is 12.3. The number of carbonyl (C=O) groups is 1. The highest BCUT2D eigenvalue weighted by atomic mass is 16.1. The van der Waals surface area contributed by atoms with Gasteiger partial charge in [-0.15, -0.1) is 0 Å². The number of amides is 1. The maximum atomic E-state index is 12.3. The summed E-state index contributed by atoms with van der Waals surface area (Å²) in [7, 11) is 0. The highest BCUT2D eigenvalue weighted by molar-refractivity contribution is 5.94. The van der Waals surface area contributed by atoms with Gasteiger partial charge in [-0.2, -0.15) is 0 Å². The number of para-hydroxylation sites is 2. The summed E-state index contributed by atoms with van der Waals surface area (Å²) in [4.78, 5) is 20.2. The van der Waals surface area contributed by atoms with Crippen molar-refractivity contribution >= 4 is 16.9 Å². The van der Waals surface area contributed by atoms with Crippen LogP contribution in [0.3, 0.4) is 0 Å². The number of hydrogen-bond acceptors (Lipinski definition) is 2. The fourth-order valence-corrected chi connectivity index (χ4v) is 3.56. The monoisotopic (exact) mass is 333 g/mol. The summed E-state index contributed by atoms with van der Waals surface area (Å²) in [6.07, 6.45) is 6.45. The van der Waals surface area contributed by atoms with E-state index in [1.807, 2.05) is 30.3 Å². The van der Waals surface area contributed by atoms with Crippen molar-refractivity contribution in [2.75, 3.05) is 6.54 Å². The van der Waals surface area contributed by atoms with Gasteiger partial charge in [0.25, 0.3) is 5.91 Å². The highest BCUT2D eigenvalue weighted by Crippen LogP contribution is 2.22.